The van der Waals surface area contributed by atoms with Crippen molar-refractivity contribution in [2.75, 3.05) is 6.54 Å². The number of amides is 1. The van der Waals surface area contributed by atoms with Gasteiger partial charge >= 0.3 is 0 Å². The van der Waals surface area contributed by atoms with Gasteiger partial charge in [-0.05, 0) is 50.5 Å². The van der Waals surface area contributed by atoms with E-state index < -0.39 is 5.92 Å². The number of alkyl halides is 2. The molecule has 1 aliphatic carbocycles. The third kappa shape index (κ3) is 5.78. The molecule has 2 aromatic rings. The van der Waals surface area contributed by atoms with Crippen molar-refractivity contribution in [3.8, 4) is 0 Å². The van der Waals surface area contributed by atoms with E-state index in [1.165, 1.54) is 0 Å². The molecule has 2 bridgehead atoms. The Morgan fingerprint density at radius 3 is 2.32 bits per heavy atom. The molecule has 3 fully saturated rings. The number of nitrogens with zero attached hydrogens (tertiary/aromatic N) is 4. The molecule has 208 valence electrons. The summed E-state index contributed by atoms with van der Waals surface area (Å²) < 4.78 is 29.5. The largest absolute Gasteiger partial charge is 0.388 e. The standard InChI is InChI=1S/C29H41F2N5O2/c1-19(2)27-34-33-26(18-37)36(27)24-16-22-8-9-23(17-24)35(22)15-12-25(20-6-4-3-5-7-20)32-28(38)21-10-13-29(30,31)14-11-21/h3-7,19,21-25,37H,8-18H2,1-2H3,(H,32,38)/t22-,23-,25+/m1/s1. The van der Waals surface area contributed by atoms with Crippen molar-refractivity contribution >= 4 is 5.91 Å². The number of benzene rings is 1. The van der Waals surface area contributed by atoms with Gasteiger partial charge in [0, 0.05) is 49.3 Å². The molecule has 7 nitrogen and oxygen atoms in total. The van der Waals surface area contributed by atoms with Crippen molar-refractivity contribution in [1.82, 2.24) is 25.0 Å². The van der Waals surface area contributed by atoms with Crippen LogP contribution in [0.2, 0.25) is 0 Å². The van der Waals surface area contributed by atoms with Crippen molar-refractivity contribution in [3.05, 3.63) is 47.5 Å². The molecule has 1 amide bonds. The molecular weight excluding hydrogens is 488 g/mol. The predicted molar refractivity (Wildman–Crippen MR) is 141 cm³/mol. The molecule has 5 rings (SSSR count). The number of aliphatic hydroxyl groups is 1. The van der Waals surface area contributed by atoms with E-state index in [0.717, 1.165) is 50.0 Å². The van der Waals surface area contributed by atoms with Crippen LogP contribution in [0.3, 0.4) is 0 Å². The Kier molecular flexibility index (Phi) is 8.14. The Labute approximate surface area is 224 Å². The maximum Gasteiger partial charge on any atom is 0.248 e. The van der Waals surface area contributed by atoms with Crippen molar-refractivity contribution in [2.45, 2.75) is 114 Å². The zero-order valence-electron chi connectivity index (χ0n) is 22.5. The highest BCUT2D eigenvalue weighted by Crippen LogP contribution is 2.43. The van der Waals surface area contributed by atoms with Crippen LogP contribution in [0.4, 0.5) is 8.78 Å². The molecule has 0 radical (unpaired) electrons. The third-order valence-electron chi connectivity index (χ3n) is 8.96. The third-order valence-corrected chi connectivity index (χ3v) is 8.96. The summed E-state index contributed by atoms with van der Waals surface area (Å²) in [5.41, 5.74) is 1.06. The van der Waals surface area contributed by atoms with Gasteiger partial charge in [0.2, 0.25) is 11.8 Å². The molecule has 38 heavy (non-hydrogen) atoms. The number of carbonyl (C=O) groups excluding carboxylic acids is 1. The summed E-state index contributed by atoms with van der Waals surface area (Å²) in [7, 11) is 0. The normalized spacial score (nSPS) is 26.5. The fraction of sp³-hybridized carbons (Fsp3) is 0.690. The summed E-state index contributed by atoms with van der Waals surface area (Å²) in [6.45, 7) is 4.99. The van der Waals surface area contributed by atoms with Crippen LogP contribution < -0.4 is 5.32 Å². The van der Waals surface area contributed by atoms with E-state index in [2.05, 4.69) is 38.8 Å². The molecule has 2 aliphatic heterocycles. The number of piperidine rings is 1. The second-order valence-electron chi connectivity index (χ2n) is 11.8. The Bertz CT molecular complexity index is 1070. The Morgan fingerprint density at radius 1 is 1.05 bits per heavy atom. The van der Waals surface area contributed by atoms with Gasteiger partial charge in [0.1, 0.15) is 12.4 Å². The number of nitrogens with one attached hydrogen (secondary N) is 1. The molecular formula is C29H41F2N5O2. The topological polar surface area (TPSA) is 83.3 Å². The van der Waals surface area contributed by atoms with E-state index in [9.17, 15) is 18.7 Å². The fourth-order valence-corrected chi connectivity index (χ4v) is 6.94. The Morgan fingerprint density at radius 2 is 1.71 bits per heavy atom. The van der Waals surface area contributed by atoms with Gasteiger partial charge in [-0.2, -0.15) is 0 Å². The molecule has 2 N–H and O–H groups in total. The number of hydrogen-bond donors (Lipinski definition) is 2. The lowest BCUT2D eigenvalue weighted by molar-refractivity contribution is -0.130. The van der Waals surface area contributed by atoms with Gasteiger partial charge in [0.15, 0.2) is 5.82 Å². The molecule has 3 aliphatic rings. The zero-order valence-corrected chi connectivity index (χ0v) is 22.5. The molecule has 9 heteroatoms. The maximum atomic E-state index is 13.6. The Hall–Kier alpha value is -2.39. The highest BCUT2D eigenvalue weighted by atomic mass is 19.3. The van der Waals surface area contributed by atoms with Crippen molar-refractivity contribution in [3.63, 3.8) is 0 Å². The lowest BCUT2D eigenvalue weighted by atomic mass is 9.86. The highest BCUT2D eigenvalue weighted by Gasteiger charge is 2.43. The molecule has 1 aromatic carbocycles. The summed E-state index contributed by atoms with van der Waals surface area (Å²) in [5.74, 6) is -1.24. The number of aromatic nitrogens is 3. The lowest BCUT2D eigenvalue weighted by Gasteiger charge is -2.41. The highest BCUT2D eigenvalue weighted by molar-refractivity contribution is 5.79. The Balaban J connectivity index is 1.25. The zero-order chi connectivity index (χ0) is 26.9. The summed E-state index contributed by atoms with van der Waals surface area (Å²) in [6.07, 6.45) is 5.15. The van der Waals surface area contributed by atoms with Gasteiger partial charge in [-0.25, -0.2) is 8.78 Å². The summed E-state index contributed by atoms with van der Waals surface area (Å²) in [6, 6.07) is 11.0. The number of fused-ring (bicyclic) bond motifs is 2. The predicted octanol–water partition coefficient (Wildman–Crippen LogP) is 5.13. The van der Waals surface area contributed by atoms with Crippen LogP contribution in [-0.4, -0.2) is 55.2 Å². The van der Waals surface area contributed by atoms with Crippen molar-refractivity contribution in [1.29, 1.82) is 0 Å². The average molecular weight is 530 g/mol. The van der Waals surface area contributed by atoms with Gasteiger partial charge in [-0.15, -0.1) is 10.2 Å². The van der Waals surface area contributed by atoms with Crippen LogP contribution in [-0.2, 0) is 11.4 Å². The second kappa shape index (κ2) is 11.4. The molecule has 3 heterocycles. The SMILES string of the molecule is CC(C)c1nnc(CO)n1C1C[C@H]2CC[C@H](C1)N2CC[C@H](NC(=O)C1CCC(F)(F)CC1)c1ccccc1. The first kappa shape index (κ1) is 27.2. The van der Waals surface area contributed by atoms with Crippen molar-refractivity contribution in [2.24, 2.45) is 5.92 Å². The molecule has 1 aromatic heterocycles. The number of hydrogen-bond acceptors (Lipinski definition) is 5. The smallest absolute Gasteiger partial charge is 0.248 e. The van der Waals surface area contributed by atoms with Gasteiger partial charge < -0.3 is 15.0 Å². The molecule has 1 saturated carbocycles. The first-order valence-electron chi connectivity index (χ1n) is 14.3. The summed E-state index contributed by atoms with van der Waals surface area (Å²) >= 11 is 0. The molecule has 0 unspecified atom stereocenters. The maximum absolute atomic E-state index is 13.6. The minimum absolute atomic E-state index is 0.0959. The second-order valence-corrected chi connectivity index (χ2v) is 11.8. The van der Waals surface area contributed by atoms with Gasteiger partial charge in [-0.3, -0.25) is 9.69 Å². The number of halogens is 2. The average Bonchev–Trinajstić information content (AvgIpc) is 3.44. The monoisotopic (exact) mass is 529 g/mol. The van der Waals surface area contributed by atoms with Gasteiger partial charge in [0.25, 0.3) is 0 Å². The van der Waals surface area contributed by atoms with Crippen LogP contribution in [0.15, 0.2) is 30.3 Å². The first-order chi connectivity index (χ1) is 18.3. The van der Waals surface area contributed by atoms with E-state index in [1.807, 2.05) is 30.3 Å². The van der Waals surface area contributed by atoms with E-state index in [0.29, 0.717) is 17.9 Å². The molecule has 2 saturated heterocycles. The van der Waals surface area contributed by atoms with E-state index in [1.54, 1.807) is 0 Å². The molecule has 0 spiro atoms. The van der Waals surface area contributed by atoms with Crippen LogP contribution in [0.25, 0.3) is 0 Å². The summed E-state index contributed by atoms with van der Waals surface area (Å²) in [4.78, 5) is 15.7. The van der Waals surface area contributed by atoms with Crippen LogP contribution in [0.5, 0.6) is 0 Å². The van der Waals surface area contributed by atoms with Crippen molar-refractivity contribution < 1.29 is 18.7 Å². The quantitative estimate of drug-likeness (QED) is 0.470. The van der Waals surface area contributed by atoms with Crippen LogP contribution >= 0.6 is 0 Å². The van der Waals surface area contributed by atoms with Gasteiger partial charge in [0.05, 0.1) is 6.04 Å². The van der Waals surface area contributed by atoms with Crippen LogP contribution in [0.1, 0.15) is 107 Å². The molecule has 3 atom stereocenters. The van der Waals surface area contributed by atoms with Gasteiger partial charge in [-0.1, -0.05) is 44.2 Å². The summed E-state index contributed by atoms with van der Waals surface area (Å²) in [5, 5.41) is 21.7. The van der Waals surface area contributed by atoms with Crippen LogP contribution in [0, 0.1) is 5.92 Å². The number of aliphatic hydroxyl groups excluding tert-OH is 1. The van der Waals surface area contributed by atoms with E-state index in [-0.39, 0.29) is 62.1 Å². The number of carbonyl (C=O) groups is 1. The lowest BCUT2D eigenvalue weighted by Crippen LogP contribution is -2.45. The fourth-order valence-electron chi connectivity index (χ4n) is 6.94. The van der Waals surface area contributed by atoms with E-state index >= 15 is 0 Å². The minimum Gasteiger partial charge on any atom is -0.388 e. The minimum atomic E-state index is -2.64. The van der Waals surface area contributed by atoms with E-state index in [4.69, 9.17) is 0 Å². The first-order valence-corrected chi connectivity index (χ1v) is 14.3. The number of rotatable bonds is 9.